The van der Waals surface area contributed by atoms with Gasteiger partial charge < -0.3 is 19.6 Å². The Hall–Kier alpha value is -2.57. The number of hydrogen-bond acceptors (Lipinski definition) is 5. The molecule has 0 spiro atoms. The topological polar surface area (TPSA) is 78.8 Å². The molecule has 1 aliphatic heterocycles. The van der Waals surface area contributed by atoms with Crippen molar-refractivity contribution in [3.8, 4) is 5.88 Å². The lowest BCUT2D eigenvalue weighted by Gasteiger charge is -2.24. The Morgan fingerprint density at radius 3 is 2.92 bits per heavy atom. The van der Waals surface area contributed by atoms with Gasteiger partial charge in [0, 0.05) is 26.1 Å². The van der Waals surface area contributed by atoms with Crippen LogP contribution in [0.1, 0.15) is 20.3 Å². The van der Waals surface area contributed by atoms with Gasteiger partial charge in [0.05, 0.1) is 23.9 Å². The minimum absolute atomic E-state index is 0.178. The number of amides is 1. The van der Waals surface area contributed by atoms with Crippen LogP contribution in [-0.4, -0.2) is 58.4 Å². The highest BCUT2D eigenvalue weighted by Gasteiger charge is 2.27. The number of anilines is 1. The van der Waals surface area contributed by atoms with Crippen LogP contribution >= 0.6 is 0 Å². The summed E-state index contributed by atoms with van der Waals surface area (Å²) < 4.78 is 5.86. The van der Waals surface area contributed by atoms with Crippen molar-refractivity contribution < 1.29 is 14.6 Å². The van der Waals surface area contributed by atoms with Gasteiger partial charge in [-0.3, -0.25) is 0 Å². The second-order valence-corrected chi connectivity index (χ2v) is 6.31. The summed E-state index contributed by atoms with van der Waals surface area (Å²) in [4.78, 5) is 23.5. The second kappa shape index (κ2) is 6.51. The van der Waals surface area contributed by atoms with E-state index in [1.54, 1.807) is 6.20 Å². The first-order valence-electron chi connectivity index (χ1n) is 8.09. The van der Waals surface area contributed by atoms with E-state index in [1.807, 2.05) is 25.2 Å². The van der Waals surface area contributed by atoms with Crippen molar-refractivity contribution >= 4 is 22.8 Å². The molecule has 2 aromatic rings. The van der Waals surface area contributed by atoms with Crippen LogP contribution < -0.4 is 9.64 Å². The SMILES string of the molecule is CC(C)N(C)c1cccc2ncc(OC3CCN(C(=O)O)C3)nc12. The Morgan fingerprint density at radius 1 is 1.46 bits per heavy atom. The average molecular weight is 330 g/mol. The molecule has 1 N–H and O–H groups in total. The largest absolute Gasteiger partial charge is 0.471 e. The first kappa shape index (κ1) is 16.3. The van der Waals surface area contributed by atoms with Gasteiger partial charge >= 0.3 is 6.09 Å². The molecule has 1 atom stereocenters. The van der Waals surface area contributed by atoms with E-state index < -0.39 is 6.09 Å². The summed E-state index contributed by atoms with van der Waals surface area (Å²) in [5.74, 6) is 0.435. The molecule has 7 heteroatoms. The number of hydrogen-bond donors (Lipinski definition) is 1. The molecular weight excluding hydrogens is 308 g/mol. The van der Waals surface area contributed by atoms with Gasteiger partial charge in [-0.05, 0) is 26.0 Å². The number of para-hydroxylation sites is 1. The van der Waals surface area contributed by atoms with Crippen molar-refractivity contribution in [2.24, 2.45) is 0 Å². The smallest absolute Gasteiger partial charge is 0.407 e. The molecule has 3 rings (SSSR count). The van der Waals surface area contributed by atoms with E-state index in [0.717, 1.165) is 16.7 Å². The van der Waals surface area contributed by atoms with Gasteiger partial charge in [-0.15, -0.1) is 0 Å². The van der Waals surface area contributed by atoms with Gasteiger partial charge in [-0.1, -0.05) is 6.07 Å². The standard InChI is InChI=1S/C17H22N4O3/c1-11(2)20(3)14-6-4-5-13-16(14)19-15(9-18-13)24-12-7-8-21(10-12)17(22)23/h4-6,9,11-12H,7-8,10H2,1-3H3,(H,22,23). The van der Waals surface area contributed by atoms with Gasteiger partial charge in [0.25, 0.3) is 0 Å². The predicted molar refractivity (Wildman–Crippen MR) is 91.7 cm³/mol. The summed E-state index contributed by atoms with van der Waals surface area (Å²) in [7, 11) is 2.02. The minimum Gasteiger partial charge on any atom is -0.471 e. The van der Waals surface area contributed by atoms with Gasteiger partial charge in [0.15, 0.2) is 0 Å². The number of nitrogens with zero attached hydrogens (tertiary/aromatic N) is 4. The maximum atomic E-state index is 11.0. The maximum Gasteiger partial charge on any atom is 0.407 e. The summed E-state index contributed by atoms with van der Waals surface area (Å²) in [5.41, 5.74) is 2.60. The predicted octanol–water partition coefficient (Wildman–Crippen LogP) is 2.61. The van der Waals surface area contributed by atoms with E-state index in [2.05, 4.69) is 28.7 Å². The molecule has 0 bridgehead atoms. The van der Waals surface area contributed by atoms with Crippen molar-refractivity contribution in [1.29, 1.82) is 0 Å². The molecule has 0 radical (unpaired) electrons. The molecule has 0 aliphatic carbocycles. The van der Waals surface area contributed by atoms with Crippen LogP contribution in [0, 0.1) is 0 Å². The monoisotopic (exact) mass is 330 g/mol. The first-order chi connectivity index (χ1) is 11.5. The Morgan fingerprint density at radius 2 is 2.25 bits per heavy atom. The van der Waals surface area contributed by atoms with E-state index in [9.17, 15) is 4.79 Å². The molecule has 1 fully saturated rings. The summed E-state index contributed by atoms with van der Waals surface area (Å²) in [6.07, 6.45) is 1.18. The highest BCUT2D eigenvalue weighted by Crippen LogP contribution is 2.27. The molecular formula is C17H22N4O3. The highest BCUT2D eigenvalue weighted by atomic mass is 16.5. The Bertz CT molecular complexity index is 750. The van der Waals surface area contributed by atoms with Crippen LogP contribution in [-0.2, 0) is 0 Å². The summed E-state index contributed by atoms with van der Waals surface area (Å²) in [6.45, 7) is 5.09. The molecule has 2 heterocycles. The molecule has 128 valence electrons. The van der Waals surface area contributed by atoms with Crippen molar-refractivity contribution in [3.05, 3.63) is 24.4 Å². The number of benzene rings is 1. The third kappa shape index (κ3) is 3.20. The number of rotatable bonds is 4. The minimum atomic E-state index is -0.911. The van der Waals surface area contributed by atoms with Crippen LogP contribution in [0.3, 0.4) is 0 Å². The zero-order chi connectivity index (χ0) is 17.3. The Kier molecular flexibility index (Phi) is 4.42. The third-order valence-corrected chi connectivity index (χ3v) is 4.39. The first-order valence-corrected chi connectivity index (χ1v) is 8.09. The second-order valence-electron chi connectivity index (χ2n) is 6.31. The van der Waals surface area contributed by atoms with Crippen molar-refractivity contribution in [2.75, 3.05) is 25.0 Å². The Labute approximate surface area is 140 Å². The van der Waals surface area contributed by atoms with Gasteiger partial charge in [0.2, 0.25) is 5.88 Å². The van der Waals surface area contributed by atoms with Crippen LogP contribution in [0.2, 0.25) is 0 Å². The molecule has 1 aliphatic rings. The number of aromatic nitrogens is 2. The van der Waals surface area contributed by atoms with E-state index >= 15 is 0 Å². The van der Waals surface area contributed by atoms with Crippen molar-refractivity contribution in [3.63, 3.8) is 0 Å². The normalized spacial score (nSPS) is 17.5. The zero-order valence-corrected chi connectivity index (χ0v) is 14.1. The molecule has 1 aromatic carbocycles. The number of carboxylic acid groups (broad SMARTS) is 1. The van der Waals surface area contributed by atoms with Gasteiger partial charge in [0.1, 0.15) is 11.6 Å². The van der Waals surface area contributed by atoms with E-state index in [1.165, 1.54) is 4.90 Å². The Balaban J connectivity index is 1.85. The van der Waals surface area contributed by atoms with Crippen molar-refractivity contribution in [2.45, 2.75) is 32.4 Å². The fourth-order valence-electron chi connectivity index (χ4n) is 2.79. The molecule has 24 heavy (non-hydrogen) atoms. The number of likely N-dealkylation sites (tertiary alicyclic amines) is 1. The molecule has 1 saturated heterocycles. The molecule has 1 unspecified atom stereocenters. The average Bonchev–Trinajstić information content (AvgIpc) is 3.02. The lowest BCUT2D eigenvalue weighted by atomic mass is 10.2. The van der Waals surface area contributed by atoms with Crippen LogP contribution in [0.15, 0.2) is 24.4 Å². The van der Waals surface area contributed by atoms with Gasteiger partial charge in [-0.25, -0.2) is 14.8 Å². The summed E-state index contributed by atoms with van der Waals surface area (Å²) in [6, 6.07) is 6.24. The fraction of sp³-hybridized carbons (Fsp3) is 0.471. The summed E-state index contributed by atoms with van der Waals surface area (Å²) in [5, 5.41) is 9.02. The maximum absolute atomic E-state index is 11.0. The van der Waals surface area contributed by atoms with E-state index in [4.69, 9.17) is 9.84 Å². The highest BCUT2D eigenvalue weighted by molar-refractivity contribution is 5.88. The molecule has 7 nitrogen and oxygen atoms in total. The quantitative estimate of drug-likeness (QED) is 0.928. The van der Waals surface area contributed by atoms with E-state index in [0.29, 0.717) is 31.4 Å². The van der Waals surface area contributed by atoms with Crippen LogP contribution in [0.4, 0.5) is 10.5 Å². The van der Waals surface area contributed by atoms with Gasteiger partial charge in [-0.2, -0.15) is 0 Å². The molecule has 1 aromatic heterocycles. The summed E-state index contributed by atoms with van der Waals surface area (Å²) >= 11 is 0. The van der Waals surface area contributed by atoms with Crippen LogP contribution in [0.5, 0.6) is 5.88 Å². The molecule has 0 saturated carbocycles. The lowest BCUT2D eigenvalue weighted by molar-refractivity contribution is 0.144. The molecule has 1 amide bonds. The lowest BCUT2D eigenvalue weighted by Crippen LogP contribution is -2.29. The third-order valence-electron chi connectivity index (χ3n) is 4.39. The number of carbonyl (C=O) groups is 1. The fourth-order valence-corrected chi connectivity index (χ4v) is 2.79. The van der Waals surface area contributed by atoms with Crippen LogP contribution in [0.25, 0.3) is 11.0 Å². The number of fused-ring (bicyclic) bond motifs is 1. The number of ether oxygens (including phenoxy) is 1. The van der Waals surface area contributed by atoms with Crippen molar-refractivity contribution in [1.82, 2.24) is 14.9 Å². The zero-order valence-electron chi connectivity index (χ0n) is 14.1. The van der Waals surface area contributed by atoms with E-state index in [-0.39, 0.29) is 6.10 Å².